The summed E-state index contributed by atoms with van der Waals surface area (Å²) in [5, 5.41) is 3.87. The zero-order valence-corrected chi connectivity index (χ0v) is 10.6. The molecule has 2 N–H and O–H groups in total. The van der Waals surface area contributed by atoms with Gasteiger partial charge in [-0.15, -0.1) is 0 Å². The molecule has 2 aromatic rings. The molecule has 0 spiro atoms. The predicted molar refractivity (Wildman–Crippen MR) is 69.5 cm³/mol. The van der Waals surface area contributed by atoms with E-state index in [1.807, 2.05) is 0 Å². The Hall–Kier alpha value is -1.40. The number of halogens is 1. The van der Waals surface area contributed by atoms with Gasteiger partial charge in [0, 0.05) is 5.56 Å². The van der Waals surface area contributed by atoms with E-state index in [4.69, 9.17) is 10.3 Å². The van der Waals surface area contributed by atoms with Gasteiger partial charge in [-0.25, -0.2) is 4.39 Å². The molecule has 0 aliphatic heterocycles. The van der Waals surface area contributed by atoms with Crippen LogP contribution in [0, 0.1) is 5.82 Å². The minimum atomic E-state index is -0.278. The number of benzene rings is 1. The van der Waals surface area contributed by atoms with Crippen LogP contribution in [0.5, 0.6) is 0 Å². The number of rotatable bonds is 6. The Morgan fingerprint density at radius 3 is 2.78 bits per heavy atom. The van der Waals surface area contributed by atoms with Gasteiger partial charge in [-0.05, 0) is 43.0 Å². The molecular weight excluding hydrogens is 253 g/mol. The fourth-order valence-electron chi connectivity index (χ4n) is 1.37. The number of nitrogens with two attached hydrogens (primary N) is 1. The van der Waals surface area contributed by atoms with Gasteiger partial charge in [0.2, 0.25) is 11.7 Å². The minimum Gasteiger partial charge on any atom is -0.338 e. The molecular formula is C12H14FN3OS. The van der Waals surface area contributed by atoms with Gasteiger partial charge < -0.3 is 10.3 Å². The van der Waals surface area contributed by atoms with Crippen LogP contribution in [0.4, 0.5) is 4.39 Å². The Bertz CT molecular complexity index is 486. The summed E-state index contributed by atoms with van der Waals surface area (Å²) in [5.41, 5.74) is 6.15. The Morgan fingerprint density at radius 2 is 2.06 bits per heavy atom. The third kappa shape index (κ3) is 3.54. The molecule has 1 aromatic heterocycles. The topological polar surface area (TPSA) is 64.9 Å². The molecule has 0 saturated carbocycles. The van der Waals surface area contributed by atoms with Crippen molar-refractivity contribution >= 4 is 11.8 Å². The SMILES string of the molecule is NCCCSCc1nc(-c2ccc(F)cc2)no1. The van der Waals surface area contributed by atoms with Crippen LogP contribution in [-0.2, 0) is 5.75 Å². The highest BCUT2D eigenvalue weighted by Gasteiger charge is 2.08. The lowest BCUT2D eigenvalue weighted by Crippen LogP contribution is -1.99. The van der Waals surface area contributed by atoms with Crippen LogP contribution < -0.4 is 5.73 Å². The lowest BCUT2D eigenvalue weighted by molar-refractivity contribution is 0.391. The van der Waals surface area contributed by atoms with Gasteiger partial charge >= 0.3 is 0 Å². The summed E-state index contributed by atoms with van der Waals surface area (Å²) in [6, 6.07) is 6.01. The van der Waals surface area contributed by atoms with E-state index < -0.39 is 0 Å². The molecule has 4 nitrogen and oxygen atoms in total. The van der Waals surface area contributed by atoms with Crippen molar-refractivity contribution in [1.82, 2.24) is 10.1 Å². The summed E-state index contributed by atoms with van der Waals surface area (Å²) in [7, 11) is 0. The first-order valence-electron chi connectivity index (χ1n) is 5.66. The summed E-state index contributed by atoms with van der Waals surface area (Å²) in [5.74, 6) is 2.44. The maximum atomic E-state index is 12.8. The first-order valence-corrected chi connectivity index (χ1v) is 6.81. The van der Waals surface area contributed by atoms with Crippen molar-refractivity contribution < 1.29 is 8.91 Å². The smallest absolute Gasteiger partial charge is 0.236 e. The number of hydrogen-bond acceptors (Lipinski definition) is 5. The van der Waals surface area contributed by atoms with Gasteiger partial charge in [-0.3, -0.25) is 0 Å². The monoisotopic (exact) mass is 267 g/mol. The third-order valence-corrected chi connectivity index (χ3v) is 3.32. The minimum absolute atomic E-state index is 0.278. The second kappa shape index (κ2) is 6.51. The van der Waals surface area contributed by atoms with E-state index in [9.17, 15) is 4.39 Å². The number of nitrogens with zero attached hydrogens (tertiary/aromatic N) is 2. The number of thioether (sulfide) groups is 1. The highest BCUT2D eigenvalue weighted by molar-refractivity contribution is 7.98. The van der Waals surface area contributed by atoms with E-state index in [2.05, 4.69) is 10.1 Å². The number of aromatic nitrogens is 2. The number of hydrogen-bond donors (Lipinski definition) is 1. The van der Waals surface area contributed by atoms with Gasteiger partial charge in [-0.1, -0.05) is 5.16 Å². The average Bonchev–Trinajstić information content (AvgIpc) is 2.84. The van der Waals surface area contributed by atoms with Crippen molar-refractivity contribution in [2.24, 2.45) is 5.73 Å². The van der Waals surface area contributed by atoms with Crippen LogP contribution in [0.25, 0.3) is 11.4 Å². The molecule has 0 saturated heterocycles. The van der Waals surface area contributed by atoms with Crippen molar-refractivity contribution in [3.8, 4) is 11.4 Å². The quantitative estimate of drug-likeness (QED) is 0.814. The highest BCUT2D eigenvalue weighted by Crippen LogP contribution is 2.18. The van der Waals surface area contributed by atoms with E-state index in [0.29, 0.717) is 24.0 Å². The lowest BCUT2D eigenvalue weighted by Gasteiger charge is -1.94. The Balaban J connectivity index is 1.95. The van der Waals surface area contributed by atoms with Crippen molar-refractivity contribution in [3.63, 3.8) is 0 Å². The van der Waals surface area contributed by atoms with Crippen LogP contribution in [0.3, 0.4) is 0 Å². The van der Waals surface area contributed by atoms with Crippen LogP contribution in [-0.4, -0.2) is 22.4 Å². The largest absolute Gasteiger partial charge is 0.338 e. The maximum absolute atomic E-state index is 12.8. The summed E-state index contributed by atoms with van der Waals surface area (Å²) < 4.78 is 17.9. The van der Waals surface area contributed by atoms with Crippen LogP contribution in [0.15, 0.2) is 28.8 Å². The van der Waals surface area contributed by atoms with Gasteiger partial charge in [-0.2, -0.15) is 16.7 Å². The highest BCUT2D eigenvalue weighted by atomic mass is 32.2. The van der Waals surface area contributed by atoms with Crippen molar-refractivity contribution in [2.45, 2.75) is 12.2 Å². The van der Waals surface area contributed by atoms with Gasteiger partial charge in [0.05, 0.1) is 5.75 Å². The fraction of sp³-hybridized carbons (Fsp3) is 0.333. The lowest BCUT2D eigenvalue weighted by atomic mass is 10.2. The molecule has 96 valence electrons. The van der Waals surface area contributed by atoms with Gasteiger partial charge in [0.1, 0.15) is 5.82 Å². The van der Waals surface area contributed by atoms with Crippen LogP contribution >= 0.6 is 11.8 Å². The summed E-state index contributed by atoms with van der Waals surface area (Å²) >= 11 is 1.71. The third-order valence-electron chi connectivity index (χ3n) is 2.29. The first kappa shape index (κ1) is 13.0. The molecule has 6 heteroatoms. The predicted octanol–water partition coefficient (Wildman–Crippen LogP) is 2.46. The Labute approximate surface area is 109 Å². The summed E-state index contributed by atoms with van der Waals surface area (Å²) in [6.45, 7) is 0.692. The fourth-order valence-corrected chi connectivity index (χ4v) is 2.18. The van der Waals surface area contributed by atoms with Crippen molar-refractivity contribution in [1.29, 1.82) is 0 Å². The standard InChI is InChI=1S/C12H14FN3OS/c13-10-4-2-9(3-5-10)12-15-11(17-16-12)8-18-7-1-6-14/h2-5H,1,6-8,14H2. The first-order chi connectivity index (χ1) is 8.79. The molecule has 18 heavy (non-hydrogen) atoms. The zero-order chi connectivity index (χ0) is 12.8. The summed E-state index contributed by atoms with van der Waals surface area (Å²) in [6.07, 6.45) is 0.976. The van der Waals surface area contributed by atoms with Crippen molar-refractivity contribution in [2.75, 3.05) is 12.3 Å². The molecule has 2 rings (SSSR count). The van der Waals surface area contributed by atoms with E-state index in [0.717, 1.165) is 17.7 Å². The molecule has 0 fully saturated rings. The molecule has 0 aliphatic rings. The molecule has 0 atom stereocenters. The Morgan fingerprint density at radius 1 is 1.28 bits per heavy atom. The molecule has 1 aromatic carbocycles. The summed E-state index contributed by atoms with van der Waals surface area (Å²) in [4.78, 5) is 4.26. The average molecular weight is 267 g/mol. The van der Waals surface area contributed by atoms with E-state index in [1.54, 1.807) is 23.9 Å². The van der Waals surface area contributed by atoms with Crippen LogP contribution in [0.1, 0.15) is 12.3 Å². The molecule has 0 radical (unpaired) electrons. The Kier molecular flexibility index (Phi) is 4.72. The van der Waals surface area contributed by atoms with Crippen LogP contribution in [0.2, 0.25) is 0 Å². The second-order valence-corrected chi connectivity index (χ2v) is 4.82. The van der Waals surface area contributed by atoms with E-state index >= 15 is 0 Å². The molecule has 0 bridgehead atoms. The molecule has 0 unspecified atom stereocenters. The maximum Gasteiger partial charge on any atom is 0.236 e. The van der Waals surface area contributed by atoms with Crippen molar-refractivity contribution in [3.05, 3.63) is 36.0 Å². The van der Waals surface area contributed by atoms with E-state index in [1.165, 1.54) is 12.1 Å². The molecule has 0 aliphatic carbocycles. The normalized spacial score (nSPS) is 10.8. The zero-order valence-electron chi connectivity index (χ0n) is 9.80. The van der Waals surface area contributed by atoms with Gasteiger partial charge in [0.15, 0.2) is 0 Å². The second-order valence-electron chi connectivity index (χ2n) is 3.71. The molecule has 1 heterocycles. The van der Waals surface area contributed by atoms with E-state index in [-0.39, 0.29) is 5.82 Å². The van der Waals surface area contributed by atoms with Gasteiger partial charge in [0.25, 0.3) is 0 Å². The molecule has 0 amide bonds.